The highest BCUT2D eigenvalue weighted by Crippen LogP contribution is 2.32. The molecule has 0 aromatic heterocycles. The number of hydrogen-bond donors (Lipinski definition) is 2. The molecule has 2 N–H and O–H groups in total. The van der Waals surface area contributed by atoms with E-state index in [9.17, 15) is 23.1 Å². The molecule has 144 valence electrons. The fourth-order valence-corrected chi connectivity index (χ4v) is 3.63. The molecular weight excluding hydrogens is 472 g/mol. The van der Waals surface area contributed by atoms with Gasteiger partial charge in [-0.25, -0.2) is 13.2 Å². The predicted molar refractivity (Wildman–Crippen MR) is 105 cm³/mol. The second-order valence-corrected chi connectivity index (χ2v) is 7.91. The fraction of sp³-hybridized carbons (Fsp3) is 0.316. The number of carbonyl (C=O) groups is 1. The molecule has 0 saturated carbocycles. The van der Waals surface area contributed by atoms with Crippen LogP contribution >= 0.6 is 22.6 Å². The van der Waals surface area contributed by atoms with Gasteiger partial charge in [0.25, 0.3) is 5.91 Å². The third-order valence-electron chi connectivity index (χ3n) is 4.49. The Bertz CT molecular complexity index is 885. The molecule has 0 spiro atoms. The van der Waals surface area contributed by atoms with E-state index in [2.05, 4.69) is 5.32 Å². The summed E-state index contributed by atoms with van der Waals surface area (Å²) in [5.41, 5.74) is -1.56. The van der Waals surface area contributed by atoms with Crippen LogP contribution in [0.2, 0.25) is 0 Å². The summed E-state index contributed by atoms with van der Waals surface area (Å²) in [6, 6.07) is 6.24. The lowest BCUT2D eigenvalue weighted by Crippen LogP contribution is -2.63. The Kier molecular flexibility index (Phi) is 5.66. The van der Waals surface area contributed by atoms with E-state index in [0.717, 1.165) is 18.6 Å². The van der Waals surface area contributed by atoms with Crippen LogP contribution in [-0.2, 0) is 0 Å². The first kappa shape index (κ1) is 19.9. The number of benzene rings is 2. The van der Waals surface area contributed by atoms with Gasteiger partial charge < -0.3 is 15.3 Å². The molecule has 1 amide bonds. The summed E-state index contributed by atoms with van der Waals surface area (Å²) in [6.07, 6.45) is 1.32. The number of halogens is 4. The summed E-state index contributed by atoms with van der Waals surface area (Å²) < 4.78 is 42.9. The number of likely N-dealkylation sites (tertiary alicyclic amines) is 1. The normalized spacial score (nSPS) is 15.4. The van der Waals surface area contributed by atoms with Gasteiger partial charge in [0, 0.05) is 3.57 Å². The van der Waals surface area contributed by atoms with Crippen molar-refractivity contribution in [3.05, 3.63) is 56.9 Å². The van der Waals surface area contributed by atoms with Crippen LogP contribution in [0.5, 0.6) is 0 Å². The van der Waals surface area contributed by atoms with Crippen molar-refractivity contribution in [1.29, 1.82) is 0 Å². The number of carbonyl (C=O) groups excluding carboxylic acids is 1. The van der Waals surface area contributed by atoms with Crippen molar-refractivity contribution in [2.45, 2.75) is 25.4 Å². The summed E-state index contributed by atoms with van der Waals surface area (Å²) in [7, 11) is 0. The highest BCUT2D eigenvalue weighted by atomic mass is 127. The van der Waals surface area contributed by atoms with E-state index in [4.69, 9.17) is 0 Å². The minimum Gasteiger partial charge on any atom is -0.386 e. The van der Waals surface area contributed by atoms with Gasteiger partial charge in [0.05, 0.1) is 35.6 Å². The summed E-state index contributed by atoms with van der Waals surface area (Å²) in [5, 5.41) is 12.8. The van der Waals surface area contributed by atoms with Gasteiger partial charge in [0.1, 0.15) is 5.82 Å². The Morgan fingerprint density at radius 2 is 1.93 bits per heavy atom. The molecule has 2 aromatic rings. The van der Waals surface area contributed by atoms with Crippen LogP contribution < -0.4 is 5.32 Å². The second-order valence-electron chi connectivity index (χ2n) is 6.67. The standard InChI is InChI=1S/C19H18F3IN2O2/c1-2-7-19(27)9-25(10-19)18(26)12-4-5-13(20)16(22)17(12)24-15-6-3-11(23)8-14(15)21/h3-6,8,24,27H,2,7,9-10H2,1H3. The molecule has 2 aromatic carbocycles. The Hall–Kier alpha value is -1.81. The van der Waals surface area contributed by atoms with E-state index < -0.39 is 34.6 Å². The Morgan fingerprint density at radius 1 is 1.22 bits per heavy atom. The molecule has 0 aliphatic carbocycles. The molecule has 4 nitrogen and oxygen atoms in total. The molecule has 0 unspecified atom stereocenters. The van der Waals surface area contributed by atoms with E-state index in [1.165, 1.54) is 17.0 Å². The SMILES string of the molecule is CCCC1(O)CN(C(=O)c2ccc(F)c(F)c2Nc2ccc(I)cc2F)C1. The summed E-state index contributed by atoms with van der Waals surface area (Å²) in [4.78, 5) is 14.1. The summed E-state index contributed by atoms with van der Waals surface area (Å²) in [5.74, 6) is -3.61. The van der Waals surface area contributed by atoms with Crippen molar-refractivity contribution in [3.8, 4) is 0 Å². The number of rotatable bonds is 5. The predicted octanol–water partition coefficient (Wildman–Crippen LogP) is 4.44. The molecule has 1 fully saturated rings. The Morgan fingerprint density at radius 3 is 2.56 bits per heavy atom. The van der Waals surface area contributed by atoms with E-state index in [1.54, 1.807) is 6.07 Å². The van der Waals surface area contributed by atoms with Crippen molar-refractivity contribution >= 4 is 39.9 Å². The lowest BCUT2D eigenvalue weighted by molar-refractivity contribution is -0.0859. The second kappa shape index (κ2) is 7.67. The highest BCUT2D eigenvalue weighted by molar-refractivity contribution is 14.1. The minimum atomic E-state index is -1.26. The van der Waals surface area contributed by atoms with Crippen LogP contribution in [-0.4, -0.2) is 34.6 Å². The number of aliphatic hydroxyl groups is 1. The zero-order valence-corrected chi connectivity index (χ0v) is 16.7. The van der Waals surface area contributed by atoms with Gasteiger partial charge in [-0.1, -0.05) is 13.3 Å². The number of nitrogens with one attached hydrogen (secondary N) is 1. The van der Waals surface area contributed by atoms with Gasteiger partial charge in [0.2, 0.25) is 0 Å². The molecule has 0 radical (unpaired) electrons. The van der Waals surface area contributed by atoms with E-state index in [-0.39, 0.29) is 24.3 Å². The maximum atomic E-state index is 14.4. The molecule has 1 saturated heterocycles. The van der Waals surface area contributed by atoms with Gasteiger partial charge in [-0.2, -0.15) is 0 Å². The van der Waals surface area contributed by atoms with Gasteiger partial charge >= 0.3 is 0 Å². The zero-order chi connectivity index (χ0) is 19.8. The summed E-state index contributed by atoms with van der Waals surface area (Å²) >= 11 is 1.93. The van der Waals surface area contributed by atoms with E-state index >= 15 is 0 Å². The summed E-state index contributed by atoms with van der Waals surface area (Å²) in [6.45, 7) is 2.17. The molecule has 0 atom stereocenters. The third-order valence-corrected chi connectivity index (χ3v) is 5.16. The van der Waals surface area contributed by atoms with Crippen molar-refractivity contribution in [2.24, 2.45) is 0 Å². The van der Waals surface area contributed by atoms with E-state index in [0.29, 0.717) is 9.99 Å². The molecule has 1 heterocycles. The quantitative estimate of drug-likeness (QED) is 0.610. The zero-order valence-electron chi connectivity index (χ0n) is 14.5. The van der Waals surface area contributed by atoms with Crippen LogP contribution in [0.4, 0.5) is 24.5 Å². The van der Waals surface area contributed by atoms with Crippen LogP contribution in [0.1, 0.15) is 30.1 Å². The van der Waals surface area contributed by atoms with Crippen LogP contribution in [0.25, 0.3) is 0 Å². The van der Waals surface area contributed by atoms with E-state index in [1.807, 2.05) is 29.5 Å². The smallest absolute Gasteiger partial charge is 0.256 e. The maximum absolute atomic E-state index is 14.4. The van der Waals surface area contributed by atoms with Crippen LogP contribution in [0.3, 0.4) is 0 Å². The molecule has 1 aliphatic rings. The number of β-amino-alcohol motifs (C(OH)–C–C–N with tert-alkyl or cyclic N) is 1. The highest BCUT2D eigenvalue weighted by Gasteiger charge is 2.43. The first-order chi connectivity index (χ1) is 12.7. The van der Waals surface area contributed by atoms with Crippen molar-refractivity contribution < 1.29 is 23.1 Å². The maximum Gasteiger partial charge on any atom is 0.256 e. The Labute approximate surface area is 168 Å². The first-order valence-corrected chi connectivity index (χ1v) is 9.53. The van der Waals surface area contributed by atoms with Gasteiger partial charge in [-0.3, -0.25) is 4.79 Å². The van der Waals surface area contributed by atoms with Crippen molar-refractivity contribution in [3.63, 3.8) is 0 Å². The minimum absolute atomic E-state index is 0.0694. The monoisotopic (exact) mass is 490 g/mol. The molecule has 27 heavy (non-hydrogen) atoms. The third kappa shape index (κ3) is 4.06. The van der Waals surface area contributed by atoms with Crippen molar-refractivity contribution in [2.75, 3.05) is 18.4 Å². The molecule has 1 aliphatic heterocycles. The molecule has 8 heteroatoms. The average Bonchev–Trinajstić information content (AvgIpc) is 2.58. The van der Waals surface area contributed by atoms with Gasteiger partial charge in [-0.05, 0) is 59.3 Å². The molecule has 0 bridgehead atoms. The number of nitrogens with zero attached hydrogens (tertiary/aromatic N) is 1. The number of anilines is 2. The van der Waals surface area contributed by atoms with Gasteiger partial charge in [0.15, 0.2) is 11.6 Å². The van der Waals surface area contributed by atoms with Crippen LogP contribution in [0, 0.1) is 21.0 Å². The Balaban J connectivity index is 1.90. The average molecular weight is 490 g/mol. The number of amides is 1. The lowest BCUT2D eigenvalue weighted by atomic mass is 9.88. The largest absolute Gasteiger partial charge is 0.386 e. The lowest BCUT2D eigenvalue weighted by Gasteiger charge is -2.46. The molecule has 3 rings (SSSR count). The first-order valence-electron chi connectivity index (χ1n) is 8.46. The number of hydrogen-bond acceptors (Lipinski definition) is 3. The van der Waals surface area contributed by atoms with Crippen LogP contribution in [0.15, 0.2) is 30.3 Å². The van der Waals surface area contributed by atoms with Crippen molar-refractivity contribution in [1.82, 2.24) is 4.90 Å². The van der Waals surface area contributed by atoms with Gasteiger partial charge in [-0.15, -0.1) is 0 Å². The molecular formula is C19H18F3IN2O2. The fourth-order valence-electron chi connectivity index (χ4n) is 3.18. The topological polar surface area (TPSA) is 52.6 Å².